The van der Waals surface area contributed by atoms with Gasteiger partial charge in [0.2, 0.25) is 0 Å². The minimum Gasteiger partial charge on any atom is -0.353 e. The first kappa shape index (κ1) is 14.8. The van der Waals surface area contributed by atoms with Crippen LogP contribution in [-0.4, -0.2) is 12.9 Å². The lowest BCUT2D eigenvalue weighted by molar-refractivity contribution is 1.25. The maximum Gasteiger partial charge on any atom is 0.142 e. The van der Waals surface area contributed by atoms with Gasteiger partial charge in [0.25, 0.3) is 0 Å². The lowest BCUT2D eigenvalue weighted by Crippen LogP contribution is -2.27. The topological polar surface area (TPSA) is 27.6 Å². The molecular formula is C20H16ClN3. The van der Waals surface area contributed by atoms with E-state index in [1.54, 1.807) is 0 Å². The number of rotatable bonds is 1. The monoisotopic (exact) mass is 333 g/mol. The molecule has 0 radical (unpaired) electrons. The van der Waals surface area contributed by atoms with Crippen LogP contribution < -0.4 is 10.2 Å². The van der Waals surface area contributed by atoms with Crippen molar-refractivity contribution in [3.8, 4) is 0 Å². The highest BCUT2D eigenvalue weighted by Gasteiger charge is 2.19. The summed E-state index contributed by atoms with van der Waals surface area (Å²) in [7, 11) is 2.02. The maximum absolute atomic E-state index is 6.02. The predicted octanol–water partition coefficient (Wildman–Crippen LogP) is 5.61. The second kappa shape index (κ2) is 6.02. The summed E-state index contributed by atoms with van der Waals surface area (Å²) in [6, 6.07) is 24.1. The molecule has 24 heavy (non-hydrogen) atoms. The number of benzene rings is 3. The number of anilines is 3. The molecule has 118 valence electrons. The molecule has 0 unspecified atom stereocenters. The van der Waals surface area contributed by atoms with Crippen LogP contribution >= 0.6 is 11.6 Å². The first-order valence-corrected chi connectivity index (χ1v) is 8.13. The molecule has 3 aromatic rings. The molecule has 1 heterocycles. The molecule has 0 atom stereocenters. The van der Waals surface area contributed by atoms with E-state index in [1.807, 2.05) is 67.7 Å². The lowest BCUT2D eigenvalue weighted by atomic mass is 10.1. The fraction of sp³-hybridized carbons (Fsp3) is 0.0500. The highest BCUT2D eigenvalue weighted by atomic mass is 35.5. The van der Waals surface area contributed by atoms with Crippen molar-refractivity contribution < 1.29 is 0 Å². The van der Waals surface area contributed by atoms with Gasteiger partial charge in [0.05, 0.1) is 11.4 Å². The Balaban J connectivity index is 1.88. The highest BCUT2D eigenvalue weighted by Crippen LogP contribution is 2.35. The summed E-state index contributed by atoms with van der Waals surface area (Å²) in [5.41, 5.74) is 5.06. The summed E-state index contributed by atoms with van der Waals surface area (Å²) in [4.78, 5) is 7.01. The molecule has 0 saturated heterocycles. The minimum absolute atomic E-state index is 0.724. The Labute approximate surface area is 146 Å². The highest BCUT2D eigenvalue weighted by molar-refractivity contribution is 6.30. The summed E-state index contributed by atoms with van der Waals surface area (Å²) >= 11 is 6.02. The summed E-state index contributed by atoms with van der Waals surface area (Å²) in [5, 5.41) is 4.21. The van der Waals surface area contributed by atoms with E-state index < -0.39 is 0 Å². The Morgan fingerprint density at radius 3 is 2.29 bits per heavy atom. The summed E-state index contributed by atoms with van der Waals surface area (Å²) < 4.78 is 0. The maximum atomic E-state index is 6.02. The first-order valence-electron chi connectivity index (χ1n) is 7.76. The van der Waals surface area contributed by atoms with Crippen LogP contribution in [0.3, 0.4) is 0 Å². The van der Waals surface area contributed by atoms with E-state index in [4.69, 9.17) is 16.6 Å². The third-order valence-electron chi connectivity index (χ3n) is 4.10. The van der Waals surface area contributed by atoms with E-state index in [9.17, 15) is 0 Å². The molecule has 1 N–H and O–H groups in total. The van der Waals surface area contributed by atoms with Gasteiger partial charge >= 0.3 is 0 Å². The van der Waals surface area contributed by atoms with Crippen molar-refractivity contribution in [2.75, 3.05) is 17.3 Å². The molecule has 4 rings (SSSR count). The number of para-hydroxylation sites is 3. The molecule has 3 nitrogen and oxygen atoms in total. The van der Waals surface area contributed by atoms with Crippen LogP contribution in [0.1, 0.15) is 5.56 Å². The summed E-state index contributed by atoms with van der Waals surface area (Å²) in [6.45, 7) is 0. The second-order valence-corrected chi connectivity index (χ2v) is 6.10. The quantitative estimate of drug-likeness (QED) is 0.626. The van der Waals surface area contributed by atoms with Gasteiger partial charge in [0, 0.05) is 29.0 Å². The Morgan fingerprint density at radius 1 is 0.833 bits per heavy atom. The zero-order chi connectivity index (χ0) is 16.5. The van der Waals surface area contributed by atoms with Gasteiger partial charge in [-0.3, -0.25) is 0 Å². The standard InChI is InChI=1S/C20H16ClN3/c1-24(15-12-10-14(21)11-13-15)20-16-6-2-3-7-17(16)22-18-8-4-5-9-19(18)23-20/h2-13,22H,1H3. The zero-order valence-corrected chi connectivity index (χ0v) is 14.0. The second-order valence-electron chi connectivity index (χ2n) is 5.66. The van der Waals surface area contributed by atoms with Crippen molar-refractivity contribution >= 4 is 40.2 Å². The fourth-order valence-corrected chi connectivity index (χ4v) is 2.95. The largest absolute Gasteiger partial charge is 0.353 e. The summed E-state index contributed by atoms with van der Waals surface area (Å²) in [6.07, 6.45) is 0. The molecule has 0 aliphatic carbocycles. The molecule has 0 amide bonds. The van der Waals surface area contributed by atoms with E-state index >= 15 is 0 Å². The summed E-state index contributed by atoms with van der Waals surface area (Å²) in [5.74, 6) is 0.894. The molecule has 0 aromatic heterocycles. The number of fused-ring (bicyclic) bond motifs is 2. The van der Waals surface area contributed by atoms with Crippen LogP contribution in [0.4, 0.5) is 22.7 Å². The van der Waals surface area contributed by atoms with E-state index in [0.29, 0.717) is 0 Å². The predicted molar refractivity (Wildman–Crippen MR) is 102 cm³/mol. The van der Waals surface area contributed by atoms with Gasteiger partial charge in [-0.15, -0.1) is 0 Å². The molecule has 0 fully saturated rings. The minimum atomic E-state index is 0.724. The molecule has 0 bridgehead atoms. The van der Waals surface area contributed by atoms with E-state index in [1.165, 1.54) is 0 Å². The van der Waals surface area contributed by atoms with Gasteiger partial charge < -0.3 is 10.2 Å². The van der Waals surface area contributed by atoms with Crippen LogP contribution in [-0.2, 0) is 0 Å². The number of halogens is 1. The van der Waals surface area contributed by atoms with Crippen molar-refractivity contribution in [2.24, 2.45) is 4.99 Å². The number of hydrogen-bond acceptors (Lipinski definition) is 3. The molecule has 4 heteroatoms. The normalized spacial score (nSPS) is 12.3. The number of aliphatic imine (C=N–C) groups is 1. The molecule has 0 spiro atoms. The van der Waals surface area contributed by atoms with Crippen molar-refractivity contribution in [1.82, 2.24) is 0 Å². The van der Waals surface area contributed by atoms with Crippen LogP contribution in [0.2, 0.25) is 5.02 Å². The number of amidine groups is 1. The average molecular weight is 334 g/mol. The number of nitrogens with zero attached hydrogens (tertiary/aromatic N) is 2. The molecule has 3 aromatic carbocycles. The van der Waals surface area contributed by atoms with E-state index in [0.717, 1.165) is 39.2 Å². The van der Waals surface area contributed by atoms with Gasteiger partial charge in [-0.2, -0.15) is 0 Å². The van der Waals surface area contributed by atoms with Gasteiger partial charge in [-0.25, -0.2) is 4.99 Å². The molecule has 0 saturated carbocycles. The van der Waals surface area contributed by atoms with Crippen LogP contribution in [0.5, 0.6) is 0 Å². The average Bonchev–Trinajstić information content (AvgIpc) is 2.78. The van der Waals surface area contributed by atoms with Gasteiger partial charge in [0.15, 0.2) is 0 Å². The Morgan fingerprint density at radius 2 is 1.50 bits per heavy atom. The van der Waals surface area contributed by atoms with Crippen molar-refractivity contribution in [3.05, 3.63) is 83.4 Å². The Bertz CT molecular complexity index is 916. The van der Waals surface area contributed by atoms with Gasteiger partial charge in [-0.05, 0) is 48.5 Å². The van der Waals surface area contributed by atoms with Crippen LogP contribution in [0.25, 0.3) is 0 Å². The van der Waals surface area contributed by atoms with E-state index in [-0.39, 0.29) is 0 Å². The third kappa shape index (κ3) is 2.63. The van der Waals surface area contributed by atoms with Crippen molar-refractivity contribution in [2.45, 2.75) is 0 Å². The van der Waals surface area contributed by atoms with Crippen molar-refractivity contribution in [1.29, 1.82) is 0 Å². The number of hydrogen-bond donors (Lipinski definition) is 1. The smallest absolute Gasteiger partial charge is 0.142 e. The molecule has 1 aliphatic rings. The Kier molecular flexibility index (Phi) is 3.71. The SMILES string of the molecule is CN(C1=Nc2ccccc2Nc2ccccc21)c1ccc(Cl)cc1. The van der Waals surface area contributed by atoms with Crippen molar-refractivity contribution in [3.63, 3.8) is 0 Å². The van der Waals surface area contributed by atoms with E-state index in [2.05, 4.69) is 22.3 Å². The van der Waals surface area contributed by atoms with Crippen LogP contribution in [0.15, 0.2) is 77.8 Å². The molecule has 1 aliphatic heterocycles. The lowest BCUT2D eigenvalue weighted by Gasteiger charge is -2.22. The fourth-order valence-electron chi connectivity index (χ4n) is 2.83. The third-order valence-corrected chi connectivity index (χ3v) is 4.35. The molecular weight excluding hydrogens is 318 g/mol. The first-order chi connectivity index (χ1) is 11.7. The zero-order valence-electron chi connectivity index (χ0n) is 13.2. The van der Waals surface area contributed by atoms with Gasteiger partial charge in [-0.1, -0.05) is 35.9 Å². The van der Waals surface area contributed by atoms with Gasteiger partial charge in [0.1, 0.15) is 5.84 Å². The number of nitrogens with one attached hydrogen (secondary N) is 1. The Hall–Kier alpha value is -2.78. The van der Waals surface area contributed by atoms with Crippen LogP contribution in [0, 0.1) is 0 Å².